The normalized spacial score (nSPS) is 15.5. The summed E-state index contributed by atoms with van der Waals surface area (Å²) in [5.74, 6) is 0.375. The van der Waals surface area contributed by atoms with Crippen molar-refractivity contribution in [1.29, 1.82) is 0 Å². The summed E-state index contributed by atoms with van der Waals surface area (Å²) in [5, 5.41) is 0. The molecule has 1 atom stereocenters. The summed E-state index contributed by atoms with van der Waals surface area (Å²) in [4.78, 5) is 12.3. The Morgan fingerprint density at radius 2 is 1.88 bits per heavy atom. The van der Waals surface area contributed by atoms with Gasteiger partial charge in [-0.25, -0.2) is 0 Å². The highest BCUT2D eigenvalue weighted by Crippen LogP contribution is 2.46. The van der Waals surface area contributed by atoms with Crippen LogP contribution in [0, 0.1) is 16.7 Å². The molecular formula is C15H28O2. The van der Waals surface area contributed by atoms with Crippen molar-refractivity contribution in [2.45, 2.75) is 54.4 Å². The molecule has 17 heavy (non-hydrogen) atoms. The average molecular weight is 240 g/mol. The molecule has 2 heteroatoms. The molecule has 0 heterocycles. The number of esters is 1. The third-order valence-corrected chi connectivity index (χ3v) is 3.98. The highest BCUT2D eigenvalue weighted by atomic mass is 16.5. The molecule has 0 spiro atoms. The molecule has 0 aromatic carbocycles. The van der Waals surface area contributed by atoms with Crippen LogP contribution in [0.4, 0.5) is 0 Å². The molecule has 0 aliphatic heterocycles. The maximum Gasteiger partial charge on any atom is 0.312 e. The van der Waals surface area contributed by atoms with Gasteiger partial charge in [0, 0.05) is 0 Å². The molecule has 0 fully saturated rings. The Bertz CT molecular complexity index is 266. The van der Waals surface area contributed by atoms with Crippen molar-refractivity contribution >= 4 is 5.97 Å². The van der Waals surface area contributed by atoms with E-state index in [1.54, 1.807) is 6.08 Å². The maximum atomic E-state index is 12.3. The molecule has 0 N–H and O–H groups in total. The molecule has 0 aromatic heterocycles. The zero-order valence-electron chi connectivity index (χ0n) is 12.3. The van der Waals surface area contributed by atoms with Gasteiger partial charge < -0.3 is 4.74 Å². The van der Waals surface area contributed by atoms with Crippen LogP contribution in [-0.4, -0.2) is 12.6 Å². The molecular weight excluding hydrogens is 212 g/mol. The fourth-order valence-corrected chi connectivity index (χ4v) is 2.14. The molecule has 0 radical (unpaired) electrons. The van der Waals surface area contributed by atoms with E-state index in [-0.39, 0.29) is 11.4 Å². The lowest BCUT2D eigenvalue weighted by atomic mass is 9.62. The molecule has 0 bridgehead atoms. The Balaban J connectivity index is 5.09. The number of hydrogen-bond donors (Lipinski definition) is 0. The molecule has 100 valence electrons. The van der Waals surface area contributed by atoms with Gasteiger partial charge in [0.05, 0.1) is 5.41 Å². The zero-order valence-corrected chi connectivity index (χ0v) is 12.3. The molecule has 0 rings (SSSR count). The first kappa shape index (κ1) is 16.2. The maximum absolute atomic E-state index is 12.3. The van der Waals surface area contributed by atoms with Crippen LogP contribution in [-0.2, 0) is 9.53 Å². The van der Waals surface area contributed by atoms with Gasteiger partial charge in [-0.2, -0.15) is 0 Å². The second-order valence-corrected chi connectivity index (χ2v) is 6.05. The smallest absolute Gasteiger partial charge is 0.312 e. The SMILES string of the molecule is C=CCOC(=O)C(C)(CC(C)C)C(C)(C)CC. The number of carbonyl (C=O) groups is 1. The van der Waals surface area contributed by atoms with Gasteiger partial charge >= 0.3 is 5.97 Å². The van der Waals surface area contributed by atoms with Crippen LogP contribution in [0.1, 0.15) is 54.4 Å². The minimum absolute atomic E-state index is 0.0600. The van der Waals surface area contributed by atoms with Gasteiger partial charge in [-0.3, -0.25) is 4.79 Å². The van der Waals surface area contributed by atoms with Crippen LogP contribution < -0.4 is 0 Å². The highest BCUT2D eigenvalue weighted by Gasteiger charge is 2.47. The quantitative estimate of drug-likeness (QED) is 0.492. The first-order chi connectivity index (χ1) is 7.71. The van der Waals surface area contributed by atoms with E-state index >= 15 is 0 Å². The molecule has 0 aliphatic rings. The number of rotatable bonds is 7. The molecule has 0 saturated carbocycles. The second-order valence-electron chi connectivity index (χ2n) is 6.05. The Hall–Kier alpha value is -0.790. The van der Waals surface area contributed by atoms with Crippen LogP contribution in [0.3, 0.4) is 0 Å². The number of carbonyl (C=O) groups excluding carboxylic acids is 1. The summed E-state index contributed by atoms with van der Waals surface area (Å²) >= 11 is 0. The summed E-state index contributed by atoms with van der Waals surface area (Å²) in [7, 11) is 0. The van der Waals surface area contributed by atoms with Gasteiger partial charge in [0.15, 0.2) is 0 Å². The molecule has 1 unspecified atom stereocenters. The Morgan fingerprint density at radius 1 is 1.35 bits per heavy atom. The molecule has 0 saturated heterocycles. The van der Waals surface area contributed by atoms with E-state index in [4.69, 9.17) is 4.74 Å². The van der Waals surface area contributed by atoms with Gasteiger partial charge in [-0.05, 0) is 31.1 Å². The minimum Gasteiger partial charge on any atom is -0.461 e. The Morgan fingerprint density at radius 3 is 2.24 bits per heavy atom. The monoisotopic (exact) mass is 240 g/mol. The van der Waals surface area contributed by atoms with Crippen LogP contribution in [0.5, 0.6) is 0 Å². The summed E-state index contributed by atoms with van der Waals surface area (Å²) in [5.41, 5.74) is -0.492. The van der Waals surface area contributed by atoms with Crippen LogP contribution in [0.15, 0.2) is 12.7 Å². The second kappa shape index (κ2) is 6.23. The molecule has 0 amide bonds. The standard InChI is InChI=1S/C15H28O2/c1-8-10-17-13(16)15(7,11-12(3)4)14(5,6)9-2/h8,12H,1,9-11H2,2-7H3. The summed E-state index contributed by atoms with van der Waals surface area (Å²) in [6.45, 7) is 16.6. The average Bonchev–Trinajstić information content (AvgIpc) is 2.24. The molecule has 0 aromatic rings. The van der Waals surface area contributed by atoms with Crippen molar-refractivity contribution in [3.05, 3.63) is 12.7 Å². The van der Waals surface area contributed by atoms with Crippen molar-refractivity contribution in [2.24, 2.45) is 16.7 Å². The summed E-state index contributed by atoms with van der Waals surface area (Å²) < 4.78 is 5.29. The zero-order chi connectivity index (χ0) is 13.7. The number of hydrogen-bond acceptors (Lipinski definition) is 2. The first-order valence-corrected chi connectivity index (χ1v) is 6.49. The largest absolute Gasteiger partial charge is 0.461 e. The van der Waals surface area contributed by atoms with Gasteiger partial charge in [-0.1, -0.05) is 47.3 Å². The lowest BCUT2D eigenvalue weighted by Gasteiger charge is -2.42. The van der Waals surface area contributed by atoms with Gasteiger partial charge in [0.25, 0.3) is 0 Å². The van der Waals surface area contributed by atoms with Crippen molar-refractivity contribution in [2.75, 3.05) is 6.61 Å². The number of ether oxygens (including phenoxy) is 1. The van der Waals surface area contributed by atoms with Crippen molar-refractivity contribution in [1.82, 2.24) is 0 Å². The van der Waals surface area contributed by atoms with Crippen LogP contribution >= 0.6 is 0 Å². The third kappa shape index (κ3) is 3.86. The van der Waals surface area contributed by atoms with Gasteiger partial charge in [0.1, 0.15) is 6.61 Å². The third-order valence-electron chi connectivity index (χ3n) is 3.98. The van der Waals surface area contributed by atoms with Gasteiger partial charge in [0.2, 0.25) is 0 Å². The Labute approximate surface area is 106 Å². The first-order valence-electron chi connectivity index (χ1n) is 6.49. The fraction of sp³-hybridized carbons (Fsp3) is 0.800. The minimum atomic E-state index is -0.432. The van der Waals surface area contributed by atoms with E-state index in [1.165, 1.54) is 0 Å². The topological polar surface area (TPSA) is 26.3 Å². The molecule has 2 nitrogen and oxygen atoms in total. The van der Waals surface area contributed by atoms with E-state index in [0.717, 1.165) is 12.8 Å². The van der Waals surface area contributed by atoms with Crippen molar-refractivity contribution in [3.8, 4) is 0 Å². The van der Waals surface area contributed by atoms with Crippen molar-refractivity contribution in [3.63, 3.8) is 0 Å². The van der Waals surface area contributed by atoms with E-state index in [1.807, 2.05) is 6.92 Å². The van der Waals surface area contributed by atoms with E-state index < -0.39 is 5.41 Å². The van der Waals surface area contributed by atoms with E-state index in [0.29, 0.717) is 12.5 Å². The Kier molecular flexibility index (Phi) is 5.94. The predicted octanol–water partition coefficient (Wildman–Crippen LogP) is 4.20. The predicted molar refractivity (Wildman–Crippen MR) is 72.8 cm³/mol. The van der Waals surface area contributed by atoms with Crippen LogP contribution in [0.25, 0.3) is 0 Å². The van der Waals surface area contributed by atoms with E-state index in [2.05, 4.69) is 41.2 Å². The summed E-state index contributed by atoms with van der Waals surface area (Å²) in [6, 6.07) is 0. The molecule has 0 aliphatic carbocycles. The highest BCUT2D eigenvalue weighted by molar-refractivity contribution is 5.77. The van der Waals surface area contributed by atoms with Gasteiger partial charge in [-0.15, -0.1) is 0 Å². The fourth-order valence-electron chi connectivity index (χ4n) is 2.14. The lowest BCUT2D eigenvalue weighted by Crippen LogP contribution is -2.44. The van der Waals surface area contributed by atoms with E-state index in [9.17, 15) is 4.79 Å². The van der Waals surface area contributed by atoms with Crippen LogP contribution in [0.2, 0.25) is 0 Å². The van der Waals surface area contributed by atoms with Crippen molar-refractivity contribution < 1.29 is 9.53 Å². The summed E-state index contributed by atoms with van der Waals surface area (Å²) in [6.07, 6.45) is 3.43. The lowest BCUT2D eigenvalue weighted by molar-refractivity contribution is -0.163.